The molecule has 3 amide bonds. The number of nitrogens with one attached hydrogen (secondary N) is 3. The molecule has 3 saturated heterocycles. The maximum Gasteiger partial charge on any atom is 0.247 e. The zero-order valence-electron chi connectivity index (χ0n) is 31.0. The average Bonchev–Trinajstić information content (AvgIpc) is 3.53. The Morgan fingerprint density at radius 3 is 2.16 bits per heavy atom. The number of aliphatic hydroxyl groups is 1. The van der Waals surface area contributed by atoms with Gasteiger partial charge in [0, 0.05) is 55.8 Å². The molecule has 0 bridgehead atoms. The highest BCUT2D eigenvalue weighted by molar-refractivity contribution is 5.94. The van der Waals surface area contributed by atoms with Crippen LogP contribution in [0.5, 0.6) is 0 Å². The summed E-state index contributed by atoms with van der Waals surface area (Å²) in [5.41, 5.74) is 10.9. The number of anilines is 4. The largest absolute Gasteiger partial charge is 0.397 e. The van der Waals surface area contributed by atoms with Gasteiger partial charge in [-0.1, -0.05) is 66.7 Å². The second kappa shape index (κ2) is 17.5. The normalized spacial score (nSPS) is 20.9. The van der Waals surface area contributed by atoms with Gasteiger partial charge in [-0.3, -0.25) is 14.4 Å². The summed E-state index contributed by atoms with van der Waals surface area (Å²) in [5.74, 6) is -0.160. The summed E-state index contributed by atoms with van der Waals surface area (Å²) in [5, 5.41) is 18.5. The second-order valence-electron chi connectivity index (χ2n) is 14.6. The van der Waals surface area contributed by atoms with E-state index in [1.165, 1.54) is 0 Å². The predicted molar refractivity (Wildman–Crippen MR) is 212 cm³/mol. The third-order valence-electron chi connectivity index (χ3n) is 10.9. The van der Waals surface area contributed by atoms with Crippen molar-refractivity contribution in [3.8, 4) is 0 Å². The molecule has 12 nitrogen and oxygen atoms in total. The van der Waals surface area contributed by atoms with Gasteiger partial charge in [0.25, 0.3) is 0 Å². The Kier molecular flexibility index (Phi) is 12.1. The van der Waals surface area contributed by atoms with Crippen molar-refractivity contribution in [2.45, 2.75) is 75.6 Å². The van der Waals surface area contributed by atoms with E-state index in [-0.39, 0.29) is 36.5 Å². The number of hydrogen-bond donors (Lipinski definition) is 5. The highest BCUT2D eigenvalue weighted by atomic mass is 16.7. The van der Waals surface area contributed by atoms with E-state index >= 15 is 0 Å². The van der Waals surface area contributed by atoms with Crippen molar-refractivity contribution in [3.63, 3.8) is 0 Å². The molecule has 0 aromatic heterocycles. The summed E-state index contributed by atoms with van der Waals surface area (Å²) in [6.07, 6.45) is 2.85. The molecule has 0 unspecified atom stereocenters. The minimum Gasteiger partial charge on any atom is -0.397 e. The fraction of sp³-hybridized carbons (Fsp3) is 0.372. The van der Waals surface area contributed by atoms with Gasteiger partial charge in [-0.05, 0) is 73.2 Å². The van der Waals surface area contributed by atoms with Crippen LogP contribution in [0.2, 0.25) is 0 Å². The summed E-state index contributed by atoms with van der Waals surface area (Å²) < 4.78 is 13.2. The monoisotopic (exact) mass is 746 g/mol. The van der Waals surface area contributed by atoms with Gasteiger partial charge < -0.3 is 46.1 Å². The number of nitrogen functional groups attached to an aromatic ring is 1. The quantitative estimate of drug-likeness (QED) is 0.0834. The molecule has 4 aromatic rings. The van der Waals surface area contributed by atoms with Gasteiger partial charge in [0.05, 0.1) is 36.9 Å². The van der Waals surface area contributed by atoms with Crippen LogP contribution < -0.4 is 26.6 Å². The molecule has 1 spiro atoms. The van der Waals surface area contributed by atoms with Gasteiger partial charge in [-0.25, -0.2) is 0 Å². The van der Waals surface area contributed by atoms with Gasteiger partial charge in [0.1, 0.15) is 5.54 Å². The van der Waals surface area contributed by atoms with E-state index < -0.39 is 11.8 Å². The molecule has 3 heterocycles. The molecule has 288 valence electrons. The van der Waals surface area contributed by atoms with Gasteiger partial charge in [-0.2, -0.15) is 0 Å². The summed E-state index contributed by atoms with van der Waals surface area (Å²) in [7, 11) is 0. The van der Waals surface area contributed by atoms with Crippen LogP contribution in [-0.4, -0.2) is 65.7 Å². The van der Waals surface area contributed by atoms with Gasteiger partial charge in [0.15, 0.2) is 6.29 Å². The standard InChI is InChI=1S/C43H50N6O6/c44-36-10-4-5-11-37(36)47-40(52)13-7-6-12-39(51)46-33-20-18-32(19-21-33)41-54-35(26-38(55-41)31-16-14-30(28-50)15-17-31)27-48-24-22-43(23-25-48)42(53)45-29-49(43)34-8-2-1-3-9-34/h1-5,8-11,14-21,35,38,41,50H,6-7,12-13,22-29,44H2,(H,45,53)(H,46,51)(H,47,52)/t35-,38+,41+/m0/s1. The lowest BCUT2D eigenvalue weighted by Gasteiger charge is -2.45. The summed E-state index contributed by atoms with van der Waals surface area (Å²) in [6.45, 7) is 2.72. The van der Waals surface area contributed by atoms with Crippen molar-refractivity contribution in [1.82, 2.24) is 10.2 Å². The molecule has 3 atom stereocenters. The first-order chi connectivity index (χ1) is 26.8. The number of piperidine rings is 1. The topological polar surface area (TPSA) is 158 Å². The Morgan fingerprint density at radius 1 is 0.818 bits per heavy atom. The van der Waals surface area contributed by atoms with Crippen LogP contribution in [0.4, 0.5) is 22.7 Å². The minimum absolute atomic E-state index is 0.0267. The number of carbonyl (C=O) groups excluding carboxylic acids is 3. The highest BCUT2D eigenvalue weighted by Gasteiger charge is 2.50. The van der Waals surface area contributed by atoms with Crippen molar-refractivity contribution < 1.29 is 29.0 Å². The third-order valence-corrected chi connectivity index (χ3v) is 10.9. The third kappa shape index (κ3) is 9.17. The van der Waals surface area contributed by atoms with E-state index in [0.717, 1.165) is 48.3 Å². The Labute approximate surface area is 322 Å². The number of carbonyl (C=O) groups is 3. The van der Waals surface area contributed by atoms with Crippen LogP contribution in [0.3, 0.4) is 0 Å². The zero-order chi connectivity index (χ0) is 38.2. The molecular weight excluding hydrogens is 697 g/mol. The smallest absolute Gasteiger partial charge is 0.247 e. The first-order valence-electron chi connectivity index (χ1n) is 19.2. The number of hydrogen-bond acceptors (Lipinski definition) is 9. The van der Waals surface area contributed by atoms with E-state index in [9.17, 15) is 19.5 Å². The number of likely N-dealkylation sites (tertiary alicyclic amines) is 1. The van der Waals surface area contributed by atoms with Crippen molar-refractivity contribution in [1.29, 1.82) is 0 Å². The number of nitrogens with two attached hydrogens (primary N) is 1. The van der Waals surface area contributed by atoms with Crippen LogP contribution in [0.25, 0.3) is 0 Å². The summed E-state index contributed by atoms with van der Waals surface area (Å²) in [4.78, 5) is 42.9. The van der Waals surface area contributed by atoms with Crippen molar-refractivity contribution in [2.24, 2.45) is 0 Å². The number of benzene rings is 4. The Hall–Kier alpha value is -5.27. The Bertz CT molecular complexity index is 1920. The van der Waals surface area contributed by atoms with E-state index in [1.807, 2.05) is 78.9 Å². The molecule has 7 rings (SSSR count). The lowest BCUT2D eigenvalue weighted by molar-refractivity contribution is -0.253. The molecule has 12 heteroatoms. The molecule has 3 aliphatic rings. The first-order valence-corrected chi connectivity index (χ1v) is 19.2. The van der Waals surface area contributed by atoms with Crippen molar-refractivity contribution in [2.75, 3.05) is 47.6 Å². The molecule has 4 aromatic carbocycles. The molecule has 55 heavy (non-hydrogen) atoms. The molecule has 6 N–H and O–H groups in total. The number of amides is 3. The number of aliphatic hydroxyl groups excluding tert-OH is 1. The average molecular weight is 747 g/mol. The summed E-state index contributed by atoms with van der Waals surface area (Å²) >= 11 is 0. The van der Waals surface area contributed by atoms with Crippen LogP contribution in [0.15, 0.2) is 103 Å². The zero-order valence-corrected chi connectivity index (χ0v) is 31.0. The van der Waals surface area contributed by atoms with Gasteiger partial charge in [-0.15, -0.1) is 0 Å². The lowest BCUT2D eigenvalue weighted by Crippen LogP contribution is -2.57. The second-order valence-corrected chi connectivity index (χ2v) is 14.6. The van der Waals surface area contributed by atoms with Gasteiger partial charge in [0.2, 0.25) is 17.7 Å². The number of ether oxygens (including phenoxy) is 2. The Balaban J connectivity index is 0.944. The molecule has 0 saturated carbocycles. The van der Waals surface area contributed by atoms with Crippen LogP contribution in [0, 0.1) is 0 Å². The number of unbranched alkanes of at least 4 members (excludes halogenated alkanes) is 1. The van der Waals surface area contributed by atoms with Crippen molar-refractivity contribution >= 4 is 40.5 Å². The van der Waals surface area contributed by atoms with Crippen LogP contribution in [-0.2, 0) is 30.5 Å². The maximum atomic E-state index is 13.2. The predicted octanol–water partition coefficient (Wildman–Crippen LogP) is 5.87. The number of nitrogens with zero attached hydrogens (tertiary/aromatic N) is 2. The van der Waals surface area contributed by atoms with Crippen LogP contribution >= 0.6 is 0 Å². The molecular formula is C43H50N6O6. The molecule has 3 fully saturated rings. The minimum atomic E-state index is -0.631. The van der Waals surface area contributed by atoms with E-state index in [4.69, 9.17) is 15.2 Å². The molecule has 3 aliphatic heterocycles. The fourth-order valence-electron chi connectivity index (χ4n) is 7.80. The Morgan fingerprint density at radius 2 is 1.47 bits per heavy atom. The first kappa shape index (κ1) is 38.0. The van der Waals surface area contributed by atoms with Gasteiger partial charge >= 0.3 is 0 Å². The number of rotatable bonds is 13. The SMILES string of the molecule is Nc1ccccc1NC(=O)CCCCC(=O)Nc1ccc([C@@H]2O[C@H](CN3CCC4(CC3)C(=O)NCN4c3ccccc3)C[C@H](c3ccc(CO)cc3)O2)cc1. The maximum absolute atomic E-state index is 13.2. The van der Waals surface area contributed by atoms with Crippen LogP contribution in [0.1, 0.15) is 74.0 Å². The number of para-hydroxylation sites is 3. The molecule has 0 radical (unpaired) electrons. The summed E-state index contributed by atoms with van der Waals surface area (Å²) in [6, 6.07) is 32.6. The van der Waals surface area contributed by atoms with E-state index in [1.54, 1.807) is 12.1 Å². The van der Waals surface area contributed by atoms with E-state index in [0.29, 0.717) is 62.4 Å². The highest BCUT2D eigenvalue weighted by Crippen LogP contribution is 2.40. The fourth-order valence-corrected chi connectivity index (χ4v) is 7.80. The lowest BCUT2D eigenvalue weighted by atomic mass is 9.85. The molecule has 0 aliphatic carbocycles. The van der Waals surface area contributed by atoms with E-state index in [2.05, 4.69) is 37.9 Å². The van der Waals surface area contributed by atoms with Crippen molar-refractivity contribution in [3.05, 3.63) is 120 Å².